The average Bonchev–Trinajstić information content (AvgIpc) is 2.35. The predicted octanol–water partition coefficient (Wildman–Crippen LogP) is 3.56. The van der Waals surface area contributed by atoms with Crippen LogP contribution in [0.2, 0.25) is 0 Å². The van der Waals surface area contributed by atoms with Crippen molar-refractivity contribution in [3.8, 4) is 17.2 Å². The standard InChI is InChI=1S/C12H17BrO3/c1-5-9(13)8-6-10(14-2)12(16-4)11(7-8)15-3/h6-7,9H,5H2,1-4H3. The molecule has 1 aromatic rings. The fourth-order valence-electron chi connectivity index (χ4n) is 1.52. The van der Waals surface area contributed by atoms with Crippen molar-refractivity contribution in [3.63, 3.8) is 0 Å². The predicted molar refractivity (Wildman–Crippen MR) is 68.1 cm³/mol. The lowest BCUT2D eigenvalue weighted by Gasteiger charge is -2.16. The van der Waals surface area contributed by atoms with Gasteiger partial charge in [0.2, 0.25) is 5.75 Å². The summed E-state index contributed by atoms with van der Waals surface area (Å²) in [5.74, 6) is 2.01. The SMILES string of the molecule is CCC(Br)c1cc(OC)c(OC)c(OC)c1. The summed E-state index contributed by atoms with van der Waals surface area (Å²) in [5, 5.41) is 0. The van der Waals surface area contributed by atoms with E-state index in [1.807, 2.05) is 12.1 Å². The van der Waals surface area contributed by atoms with Crippen molar-refractivity contribution in [2.24, 2.45) is 0 Å². The zero-order chi connectivity index (χ0) is 12.1. The summed E-state index contributed by atoms with van der Waals surface area (Å²) in [7, 11) is 4.85. The van der Waals surface area contributed by atoms with Gasteiger partial charge in [0.15, 0.2) is 11.5 Å². The third-order valence-electron chi connectivity index (χ3n) is 2.41. The Hall–Kier alpha value is -0.900. The second-order valence-corrected chi connectivity index (χ2v) is 4.44. The number of rotatable bonds is 5. The van der Waals surface area contributed by atoms with Gasteiger partial charge in [-0.25, -0.2) is 0 Å². The molecule has 4 heteroatoms. The first kappa shape index (κ1) is 13.2. The van der Waals surface area contributed by atoms with Crippen molar-refractivity contribution in [2.45, 2.75) is 18.2 Å². The molecule has 0 N–H and O–H groups in total. The van der Waals surface area contributed by atoms with Gasteiger partial charge in [0, 0.05) is 4.83 Å². The van der Waals surface area contributed by atoms with Crippen molar-refractivity contribution in [1.82, 2.24) is 0 Å². The smallest absolute Gasteiger partial charge is 0.203 e. The molecule has 0 aliphatic carbocycles. The van der Waals surface area contributed by atoms with Crippen LogP contribution in [0.15, 0.2) is 12.1 Å². The number of alkyl halides is 1. The molecule has 0 aliphatic rings. The third kappa shape index (κ3) is 2.61. The van der Waals surface area contributed by atoms with Gasteiger partial charge in [-0.2, -0.15) is 0 Å². The minimum absolute atomic E-state index is 0.293. The number of hydrogen-bond donors (Lipinski definition) is 0. The Bertz CT molecular complexity index is 327. The Morgan fingerprint density at radius 1 is 1.06 bits per heavy atom. The van der Waals surface area contributed by atoms with Gasteiger partial charge in [-0.1, -0.05) is 22.9 Å². The molecule has 16 heavy (non-hydrogen) atoms. The molecule has 1 unspecified atom stereocenters. The van der Waals surface area contributed by atoms with E-state index in [9.17, 15) is 0 Å². The number of benzene rings is 1. The summed E-state index contributed by atoms with van der Waals surface area (Å²) in [6, 6.07) is 3.93. The molecule has 0 saturated heterocycles. The molecule has 3 nitrogen and oxygen atoms in total. The molecule has 0 aromatic heterocycles. The van der Waals surface area contributed by atoms with Gasteiger partial charge in [-0.15, -0.1) is 0 Å². The molecule has 0 amide bonds. The first-order valence-electron chi connectivity index (χ1n) is 5.11. The Labute approximate surface area is 105 Å². The summed E-state index contributed by atoms with van der Waals surface area (Å²) >= 11 is 3.61. The molecular formula is C12H17BrO3. The molecule has 0 saturated carbocycles. The number of hydrogen-bond acceptors (Lipinski definition) is 3. The second-order valence-electron chi connectivity index (χ2n) is 3.33. The minimum Gasteiger partial charge on any atom is -0.493 e. The monoisotopic (exact) mass is 288 g/mol. The fraction of sp³-hybridized carbons (Fsp3) is 0.500. The summed E-state index contributed by atoms with van der Waals surface area (Å²) in [5.41, 5.74) is 1.12. The van der Waals surface area contributed by atoms with Crippen molar-refractivity contribution in [3.05, 3.63) is 17.7 Å². The highest BCUT2D eigenvalue weighted by atomic mass is 79.9. The molecule has 0 fully saturated rings. The molecule has 0 bridgehead atoms. The molecule has 1 rings (SSSR count). The maximum absolute atomic E-state index is 5.29. The lowest BCUT2D eigenvalue weighted by molar-refractivity contribution is 0.323. The van der Waals surface area contributed by atoms with E-state index in [4.69, 9.17) is 14.2 Å². The van der Waals surface area contributed by atoms with Gasteiger partial charge >= 0.3 is 0 Å². The van der Waals surface area contributed by atoms with Gasteiger partial charge < -0.3 is 14.2 Å². The normalized spacial score (nSPS) is 12.1. The van der Waals surface area contributed by atoms with E-state index in [0.29, 0.717) is 22.1 Å². The van der Waals surface area contributed by atoms with E-state index in [0.717, 1.165) is 12.0 Å². The van der Waals surface area contributed by atoms with Crippen LogP contribution in [0, 0.1) is 0 Å². The maximum Gasteiger partial charge on any atom is 0.203 e. The number of ether oxygens (including phenoxy) is 3. The highest BCUT2D eigenvalue weighted by molar-refractivity contribution is 9.09. The van der Waals surface area contributed by atoms with Gasteiger partial charge in [-0.3, -0.25) is 0 Å². The molecule has 0 heterocycles. The zero-order valence-corrected chi connectivity index (χ0v) is 11.6. The van der Waals surface area contributed by atoms with Crippen LogP contribution in [0.3, 0.4) is 0 Å². The van der Waals surface area contributed by atoms with E-state index >= 15 is 0 Å². The van der Waals surface area contributed by atoms with Crippen LogP contribution in [0.1, 0.15) is 23.7 Å². The highest BCUT2D eigenvalue weighted by Crippen LogP contribution is 2.41. The van der Waals surface area contributed by atoms with Crippen LogP contribution < -0.4 is 14.2 Å². The molecule has 90 valence electrons. The van der Waals surface area contributed by atoms with Crippen molar-refractivity contribution >= 4 is 15.9 Å². The number of methoxy groups -OCH3 is 3. The molecular weight excluding hydrogens is 272 g/mol. The molecule has 0 radical (unpaired) electrons. The highest BCUT2D eigenvalue weighted by Gasteiger charge is 2.15. The fourth-order valence-corrected chi connectivity index (χ4v) is 1.78. The van der Waals surface area contributed by atoms with Gasteiger partial charge in [0.25, 0.3) is 0 Å². The van der Waals surface area contributed by atoms with E-state index in [1.165, 1.54) is 0 Å². The summed E-state index contributed by atoms with van der Waals surface area (Å²) in [6.07, 6.45) is 0.999. The van der Waals surface area contributed by atoms with Gasteiger partial charge in [0.1, 0.15) is 0 Å². The van der Waals surface area contributed by atoms with Crippen LogP contribution in [0.4, 0.5) is 0 Å². The largest absolute Gasteiger partial charge is 0.493 e. The maximum atomic E-state index is 5.29. The first-order chi connectivity index (χ1) is 7.67. The zero-order valence-electron chi connectivity index (χ0n) is 10.0. The second kappa shape index (κ2) is 5.99. The molecule has 0 spiro atoms. The number of halogens is 1. The Kier molecular flexibility index (Phi) is 4.93. The van der Waals surface area contributed by atoms with Crippen LogP contribution in [0.25, 0.3) is 0 Å². The summed E-state index contributed by atoms with van der Waals surface area (Å²) < 4.78 is 15.8. The average molecular weight is 289 g/mol. The van der Waals surface area contributed by atoms with Crippen LogP contribution in [-0.4, -0.2) is 21.3 Å². The van der Waals surface area contributed by atoms with Crippen LogP contribution >= 0.6 is 15.9 Å². The molecule has 1 atom stereocenters. The lowest BCUT2D eigenvalue weighted by Crippen LogP contribution is -1.98. The summed E-state index contributed by atoms with van der Waals surface area (Å²) in [4.78, 5) is 0.293. The van der Waals surface area contributed by atoms with E-state index in [2.05, 4.69) is 22.9 Å². The van der Waals surface area contributed by atoms with Crippen LogP contribution in [0.5, 0.6) is 17.2 Å². The summed E-state index contributed by atoms with van der Waals surface area (Å²) in [6.45, 7) is 2.11. The lowest BCUT2D eigenvalue weighted by atomic mass is 10.1. The first-order valence-corrected chi connectivity index (χ1v) is 6.03. The topological polar surface area (TPSA) is 27.7 Å². The third-order valence-corrected chi connectivity index (χ3v) is 3.58. The molecule has 1 aromatic carbocycles. The van der Waals surface area contributed by atoms with Crippen LogP contribution in [-0.2, 0) is 0 Å². The van der Waals surface area contributed by atoms with E-state index in [-0.39, 0.29) is 0 Å². The quantitative estimate of drug-likeness (QED) is 0.776. The van der Waals surface area contributed by atoms with Crippen molar-refractivity contribution in [2.75, 3.05) is 21.3 Å². The molecule has 0 aliphatic heterocycles. The van der Waals surface area contributed by atoms with Crippen molar-refractivity contribution in [1.29, 1.82) is 0 Å². The van der Waals surface area contributed by atoms with Gasteiger partial charge in [-0.05, 0) is 24.1 Å². The van der Waals surface area contributed by atoms with Gasteiger partial charge in [0.05, 0.1) is 21.3 Å². The Morgan fingerprint density at radius 3 is 1.88 bits per heavy atom. The van der Waals surface area contributed by atoms with E-state index in [1.54, 1.807) is 21.3 Å². The van der Waals surface area contributed by atoms with Crippen molar-refractivity contribution < 1.29 is 14.2 Å². The Balaban J connectivity index is 3.25. The van der Waals surface area contributed by atoms with E-state index < -0.39 is 0 Å². The Morgan fingerprint density at radius 2 is 1.56 bits per heavy atom. The minimum atomic E-state index is 0.293.